The normalized spacial score (nSPS) is 25.7. The van der Waals surface area contributed by atoms with Gasteiger partial charge in [0.1, 0.15) is 0 Å². The SMILES string of the molecule is CCCC1CC1NC(=O)N1CCC(OCCC(=O)O)CC1. The van der Waals surface area contributed by atoms with Crippen LogP contribution in [0.2, 0.25) is 0 Å². The van der Waals surface area contributed by atoms with E-state index in [1.807, 2.05) is 4.90 Å². The minimum Gasteiger partial charge on any atom is -0.481 e. The number of likely N-dealkylation sites (tertiary alicyclic amines) is 1. The van der Waals surface area contributed by atoms with Gasteiger partial charge in [0.2, 0.25) is 0 Å². The number of nitrogens with zero attached hydrogens (tertiary/aromatic N) is 1. The summed E-state index contributed by atoms with van der Waals surface area (Å²) in [5.74, 6) is -0.159. The molecule has 2 amide bonds. The molecule has 2 unspecified atom stereocenters. The molecular weight excluding hydrogens is 272 g/mol. The number of hydrogen-bond acceptors (Lipinski definition) is 3. The summed E-state index contributed by atoms with van der Waals surface area (Å²) in [7, 11) is 0. The van der Waals surface area contributed by atoms with Crippen molar-refractivity contribution in [1.82, 2.24) is 10.2 Å². The molecule has 2 atom stereocenters. The van der Waals surface area contributed by atoms with E-state index in [0.29, 0.717) is 25.0 Å². The highest BCUT2D eigenvalue weighted by atomic mass is 16.5. The second-order valence-electron chi connectivity index (χ2n) is 6.04. The zero-order chi connectivity index (χ0) is 15.2. The van der Waals surface area contributed by atoms with Crippen molar-refractivity contribution in [3.8, 4) is 0 Å². The van der Waals surface area contributed by atoms with Crippen LogP contribution in [0.5, 0.6) is 0 Å². The van der Waals surface area contributed by atoms with Crippen molar-refractivity contribution in [2.45, 2.75) is 57.6 Å². The lowest BCUT2D eigenvalue weighted by Gasteiger charge is -2.32. The van der Waals surface area contributed by atoms with E-state index < -0.39 is 5.97 Å². The van der Waals surface area contributed by atoms with E-state index >= 15 is 0 Å². The van der Waals surface area contributed by atoms with Crippen molar-refractivity contribution < 1.29 is 19.4 Å². The first-order chi connectivity index (χ1) is 10.1. The van der Waals surface area contributed by atoms with Crippen LogP contribution in [-0.4, -0.2) is 53.8 Å². The van der Waals surface area contributed by atoms with Crippen LogP contribution in [0.1, 0.15) is 45.4 Å². The smallest absolute Gasteiger partial charge is 0.317 e. The summed E-state index contributed by atoms with van der Waals surface area (Å²) < 4.78 is 5.53. The highest BCUT2D eigenvalue weighted by Gasteiger charge is 2.38. The van der Waals surface area contributed by atoms with Gasteiger partial charge in [-0.2, -0.15) is 0 Å². The second kappa shape index (κ2) is 7.64. The van der Waals surface area contributed by atoms with Gasteiger partial charge in [-0.1, -0.05) is 13.3 Å². The molecule has 2 N–H and O–H groups in total. The van der Waals surface area contributed by atoms with Gasteiger partial charge in [0.15, 0.2) is 0 Å². The molecule has 1 heterocycles. The van der Waals surface area contributed by atoms with Gasteiger partial charge in [-0.3, -0.25) is 4.79 Å². The summed E-state index contributed by atoms with van der Waals surface area (Å²) in [5.41, 5.74) is 0. The third kappa shape index (κ3) is 5.19. The number of rotatable bonds is 7. The van der Waals surface area contributed by atoms with Crippen molar-refractivity contribution >= 4 is 12.0 Å². The Morgan fingerprint density at radius 3 is 2.67 bits per heavy atom. The zero-order valence-corrected chi connectivity index (χ0v) is 12.7. The van der Waals surface area contributed by atoms with Crippen LogP contribution in [0.3, 0.4) is 0 Å². The Morgan fingerprint density at radius 1 is 1.33 bits per heavy atom. The number of carboxylic acid groups (broad SMARTS) is 1. The molecule has 120 valence electrons. The van der Waals surface area contributed by atoms with Gasteiger partial charge in [0.05, 0.1) is 19.1 Å². The fourth-order valence-electron chi connectivity index (χ4n) is 2.90. The van der Waals surface area contributed by atoms with E-state index in [1.165, 1.54) is 12.8 Å². The first-order valence-electron chi connectivity index (χ1n) is 7.99. The molecule has 2 fully saturated rings. The Bertz CT molecular complexity index is 367. The maximum absolute atomic E-state index is 12.1. The predicted octanol–water partition coefficient (Wildman–Crippen LogP) is 1.84. The molecular formula is C15H26N2O4. The zero-order valence-electron chi connectivity index (χ0n) is 12.7. The molecule has 1 saturated heterocycles. The fraction of sp³-hybridized carbons (Fsp3) is 0.867. The lowest BCUT2D eigenvalue weighted by atomic mass is 10.1. The highest BCUT2D eigenvalue weighted by molar-refractivity contribution is 5.75. The van der Waals surface area contributed by atoms with E-state index in [2.05, 4.69) is 12.2 Å². The molecule has 6 heteroatoms. The molecule has 0 aromatic carbocycles. The molecule has 1 saturated carbocycles. The average molecular weight is 298 g/mol. The Labute approximate surface area is 125 Å². The molecule has 6 nitrogen and oxygen atoms in total. The Morgan fingerprint density at radius 2 is 2.05 bits per heavy atom. The van der Waals surface area contributed by atoms with Crippen LogP contribution in [0.25, 0.3) is 0 Å². The van der Waals surface area contributed by atoms with Gasteiger partial charge in [0, 0.05) is 19.1 Å². The number of ether oxygens (including phenoxy) is 1. The molecule has 1 aliphatic heterocycles. The number of carbonyl (C=O) groups excluding carboxylic acids is 1. The van der Waals surface area contributed by atoms with Crippen LogP contribution in [-0.2, 0) is 9.53 Å². The Balaban J connectivity index is 1.60. The van der Waals surface area contributed by atoms with E-state index in [0.717, 1.165) is 19.3 Å². The second-order valence-corrected chi connectivity index (χ2v) is 6.04. The van der Waals surface area contributed by atoms with Crippen LogP contribution < -0.4 is 5.32 Å². The van der Waals surface area contributed by atoms with E-state index in [1.54, 1.807) is 0 Å². The van der Waals surface area contributed by atoms with Crippen LogP contribution in [0, 0.1) is 5.92 Å². The monoisotopic (exact) mass is 298 g/mol. The minimum absolute atomic E-state index is 0.0429. The topological polar surface area (TPSA) is 78.9 Å². The number of amides is 2. The molecule has 2 rings (SSSR count). The van der Waals surface area contributed by atoms with Gasteiger partial charge in [-0.15, -0.1) is 0 Å². The maximum Gasteiger partial charge on any atom is 0.317 e. The molecule has 0 aromatic rings. The quantitative estimate of drug-likeness (QED) is 0.751. The Kier molecular flexibility index (Phi) is 5.85. The van der Waals surface area contributed by atoms with Crippen LogP contribution in [0.15, 0.2) is 0 Å². The van der Waals surface area contributed by atoms with Crippen molar-refractivity contribution in [3.05, 3.63) is 0 Å². The van der Waals surface area contributed by atoms with E-state index in [9.17, 15) is 9.59 Å². The predicted molar refractivity (Wildman–Crippen MR) is 78.1 cm³/mol. The van der Waals surface area contributed by atoms with Crippen molar-refractivity contribution in [2.75, 3.05) is 19.7 Å². The number of nitrogens with one attached hydrogen (secondary N) is 1. The third-order valence-electron chi connectivity index (χ3n) is 4.29. The number of hydrogen-bond donors (Lipinski definition) is 2. The molecule has 21 heavy (non-hydrogen) atoms. The Hall–Kier alpha value is -1.30. The van der Waals surface area contributed by atoms with Gasteiger partial charge >= 0.3 is 12.0 Å². The first kappa shape index (κ1) is 16.1. The third-order valence-corrected chi connectivity index (χ3v) is 4.29. The lowest BCUT2D eigenvalue weighted by Crippen LogP contribution is -2.46. The van der Waals surface area contributed by atoms with Crippen LogP contribution in [0.4, 0.5) is 4.79 Å². The van der Waals surface area contributed by atoms with Gasteiger partial charge in [-0.25, -0.2) is 4.79 Å². The number of carbonyl (C=O) groups is 2. The number of aliphatic carboxylic acids is 1. The minimum atomic E-state index is -0.835. The first-order valence-corrected chi connectivity index (χ1v) is 7.99. The van der Waals surface area contributed by atoms with E-state index in [4.69, 9.17) is 9.84 Å². The molecule has 2 aliphatic rings. The largest absolute Gasteiger partial charge is 0.481 e. The van der Waals surface area contributed by atoms with Crippen molar-refractivity contribution in [1.29, 1.82) is 0 Å². The van der Waals surface area contributed by atoms with Gasteiger partial charge < -0.3 is 20.1 Å². The standard InChI is InChI=1S/C15H26N2O4/c1-2-3-11-10-13(11)16-15(20)17-7-4-12(5-8-17)21-9-6-14(18)19/h11-13H,2-10H2,1H3,(H,16,20)(H,18,19). The van der Waals surface area contributed by atoms with Crippen molar-refractivity contribution in [2.24, 2.45) is 5.92 Å². The molecule has 1 aliphatic carbocycles. The highest BCUT2D eigenvalue weighted by Crippen LogP contribution is 2.34. The summed E-state index contributed by atoms with van der Waals surface area (Å²) in [6, 6.07) is 0.421. The lowest BCUT2D eigenvalue weighted by molar-refractivity contribution is -0.138. The number of piperidine rings is 1. The molecule has 0 bridgehead atoms. The summed E-state index contributed by atoms with van der Waals surface area (Å²) in [6.45, 7) is 3.81. The van der Waals surface area contributed by atoms with Gasteiger partial charge in [-0.05, 0) is 31.6 Å². The molecule has 0 spiro atoms. The summed E-state index contributed by atoms with van der Waals surface area (Å²) in [6.07, 6.45) is 5.20. The number of urea groups is 1. The summed E-state index contributed by atoms with van der Waals surface area (Å²) in [4.78, 5) is 24.4. The van der Waals surface area contributed by atoms with Gasteiger partial charge in [0.25, 0.3) is 0 Å². The van der Waals surface area contributed by atoms with Crippen molar-refractivity contribution in [3.63, 3.8) is 0 Å². The number of carboxylic acids is 1. The molecule has 0 aromatic heterocycles. The maximum atomic E-state index is 12.1. The van der Waals surface area contributed by atoms with Crippen LogP contribution >= 0.6 is 0 Å². The molecule has 0 radical (unpaired) electrons. The average Bonchev–Trinajstić information content (AvgIpc) is 3.17. The summed E-state index contributed by atoms with van der Waals surface area (Å²) >= 11 is 0. The summed E-state index contributed by atoms with van der Waals surface area (Å²) in [5, 5.41) is 11.7. The fourth-order valence-corrected chi connectivity index (χ4v) is 2.90. The van der Waals surface area contributed by atoms with E-state index in [-0.39, 0.29) is 25.2 Å².